The SMILES string of the molecule is Nc1ccccc1CCOC(=O)c1cc2ccccc2cc1O. The fraction of sp³-hybridized carbons (Fsp3) is 0.105. The van der Waals surface area contributed by atoms with E-state index in [0.717, 1.165) is 16.3 Å². The molecule has 3 rings (SSSR count). The number of para-hydroxylation sites is 1. The van der Waals surface area contributed by atoms with E-state index in [9.17, 15) is 9.90 Å². The van der Waals surface area contributed by atoms with E-state index < -0.39 is 5.97 Å². The zero-order chi connectivity index (χ0) is 16.2. The largest absolute Gasteiger partial charge is 0.507 e. The van der Waals surface area contributed by atoms with Crippen molar-refractivity contribution in [2.75, 3.05) is 12.3 Å². The van der Waals surface area contributed by atoms with Crippen molar-refractivity contribution in [1.29, 1.82) is 0 Å². The van der Waals surface area contributed by atoms with Crippen LogP contribution in [0.3, 0.4) is 0 Å². The predicted molar refractivity (Wildman–Crippen MR) is 90.5 cm³/mol. The minimum absolute atomic E-state index is 0.0760. The number of nitrogens with two attached hydrogens (primary N) is 1. The van der Waals surface area contributed by atoms with Crippen LogP contribution in [-0.4, -0.2) is 17.7 Å². The maximum atomic E-state index is 12.2. The Kier molecular flexibility index (Phi) is 4.15. The van der Waals surface area contributed by atoms with Gasteiger partial charge in [0.2, 0.25) is 0 Å². The van der Waals surface area contributed by atoms with Crippen molar-refractivity contribution in [3.05, 3.63) is 71.8 Å². The third kappa shape index (κ3) is 3.26. The Morgan fingerprint density at radius 3 is 2.39 bits per heavy atom. The zero-order valence-corrected chi connectivity index (χ0v) is 12.5. The second-order valence-electron chi connectivity index (χ2n) is 5.30. The lowest BCUT2D eigenvalue weighted by Gasteiger charge is -2.09. The molecular weight excluding hydrogens is 290 g/mol. The number of ether oxygens (including phenoxy) is 1. The highest BCUT2D eigenvalue weighted by Crippen LogP contribution is 2.25. The molecule has 116 valence electrons. The van der Waals surface area contributed by atoms with Crippen LogP contribution >= 0.6 is 0 Å². The molecule has 3 aromatic carbocycles. The molecular formula is C19H17NO3. The lowest BCUT2D eigenvalue weighted by atomic mass is 10.1. The predicted octanol–water partition coefficient (Wildman–Crippen LogP) is 3.53. The summed E-state index contributed by atoms with van der Waals surface area (Å²) in [6, 6.07) is 18.2. The van der Waals surface area contributed by atoms with Crippen molar-refractivity contribution in [2.24, 2.45) is 0 Å². The Balaban J connectivity index is 1.71. The molecule has 0 saturated heterocycles. The number of nitrogen functional groups attached to an aromatic ring is 1. The highest BCUT2D eigenvalue weighted by atomic mass is 16.5. The summed E-state index contributed by atoms with van der Waals surface area (Å²) in [6.45, 7) is 0.208. The van der Waals surface area contributed by atoms with Crippen LogP contribution in [0.2, 0.25) is 0 Å². The number of esters is 1. The second kappa shape index (κ2) is 6.40. The minimum Gasteiger partial charge on any atom is -0.507 e. The van der Waals surface area contributed by atoms with Gasteiger partial charge in [0, 0.05) is 12.1 Å². The van der Waals surface area contributed by atoms with E-state index in [1.54, 1.807) is 12.1 Å². The van der Waals surface area contributed by atoms with Crippen LogP contribution in [0.5, 0.6) is 5.75 Å². The number of hydrogen-bond acceptors (Lipinski definition) is 4. The van der Waals surface area contributed by atoms with Gasteiger partial charge in [-0.3, -0.25) is 0 Å². The summed E-state index contributed by atoms with van der Waals surface area (Å²) in [5, 5.41) is 11.8. The summed E-state index contributed by atoms with van der Waals surface area (Å²) < 4.78 is 5.26. The summed E-state index contributed by atoms with van der Waals surface area (Å²) in [5.74, 6) is -0.615. The van der Waals surface area contributed by atoms with Crippen molar-refractivity contribution in [3.8, 4) is 5.75 Å². The molecule has 0 aliphatic rings. The van der Waals surface area contributed by atoms with Crippen molar-refractivity contribution < 1.29 is 14.6 Å². The molecule has 0 saturated carbocycles. The first-order chi connectivity index (χ1) is 11.1. The van der Waals surface area contributed by atoms with Gasteiger partial charge in [-0.25, -0.2) is 4.79 Å². The number of hydrogen-bond donors (Lipinski definition) is 2. The number of benzene rings is 3. The van der Waals surface area contributed by atoms with E-state index in [1.165, 1.54) is 0 Å². The monoisotopic (exact) mass is 307 g/mol. The van der Waals surface area contributed by atoms with Gasteiger partial charge in [-0.2, -0.15) is 0 Å². The van der Waals surface area contributed by atoms with Gasteiger partial charge in [0.15, 0.2) is 0 Å². The molecule has 3 aromatic rings. The number of carbonyl (C=O) groups excluding carboxylic acids is 1. The normalized spacial score (nSPS) is 10.6. The molecule has 4 nitrogen and oxygen atoms in total. The maximum Gasteiger partial charge on any atom is 0.341 e. The Labute approximate surface area is 134 Å². The Bertz CT molecular complexity index is 858. The quantitative estimate of drug-likeness (QED) is 0.571. The van der Waals surface area contributed by atoms with Crippen LogP contribution in [0.25, 0.3) is 10.8 Å². The fourth-order valence-corrected chi connectivity index (χ4v) is 2.49. The third-order valence-electron chi connectivity index (χ3n) is 3.74. The molecule has 0 aliphatic heterocycles. The fourth-order valence-electron chi connectivity index (χ4n) is 2.49. The molecule has 0 atom stereocenters. The van der Waals surface area contributed by atoms with Crippen molar-refractivity contribution in [2.45, 2.75) is 6.42 Å². The summed E-state index contributed by atoms with van der Waals surface area (Å²) in [5.41, 5.74) is 7.64. The Hall–Kier alpha value is -3.01. The Morgan fingerprint density at radius 1 is 1.00 bits per heavy atom. The van der Waals surface area contributed by atoms with Crippen LogP contribution in [0.15, 0.2) is 60.7 Å². The summed E-state index contributed by atoms with van der Waals surface area (Å²) in [4.78, 5) is 12.2. The molecule has 0 fully saturated rings. The molecule has 23 heavy (non-hydrogen) atoms. The number of carbonyl (C=O) groups is 1. The first kappa shape index (κ1) is 14.9. The average molecular weight is 307 g/mol. The summed E-state index contributed by atoms with van der Waals surface area (Å²) >= 11 is 0. The van der Waals surface area contributed by atoms with Crippen LogP contribution < -0.4 is 5.73 Å². The van der Waals surface area contributed by atoms with Crippen LogP contribution in [0.1, 0.15) is 15.9 Å². The molecule has 0 amide bonds. The van der Waals surface area contributed by atoms with E-state index in [0.29, 0.717) is 12.1 Å². The number of rotatable bonds is 4. The highest BCUT2D eigenvalue weighted by molar-refractivity contribution is 5.98. The van der Waals surface area contributed by atoms with E-state index in [-0.39, 0.29) is 17.9 Å². The first-order valence-corrected chi connectivity index (χ1v) is 7.37. The van der Waals surface area contributed by atoms with Gasteiger partial charge in [-0.05, 0) is 34.5 Å². The second-order valence-corrected chi connectivity index (χ2v) is 5.30. The molecule has 0 radical (unpaired) electrons. The van der Waals surface area contributed by atoms with E-state index in [2.05, 4.69) is 0 Å². The number of anilines is 1. The summed E-state index contributed by atoms with van der Waals surface area (Å²) in [6.07, 6.45) is 0.534. The lowest BCUT2D eigenvalue weighted by Crippen LogP contribution is -2.09. The summed E-state index contributed by atoms with van der Waals surface area (Å²) in [7, 11) is 0. The average Bonchev–Trinajstić information content (AvgIpc) is 2.56. The van der Waals surface area contributed by atoms with Crippen LogP contribution in [0.4, 0.5) is 5.69 Å². The lowest BCUT2D eigenvalue weighted by molar-refractivity contribution is 0.0506. The van der Waals surface area contributed by atoms with E-state index >= 15 is 0 Å². The van der Waals surface area contributed by atoms with Gasteiger partial charge in [0.25, 0.3) is 0 Å². The Morgan fingerprint density at radius 2 is 1.65 bits per heavy atom. The van der Waals surface area contributed by atoms with E-state index in [4.69, 9.17) is 10.5 Å². The van der Waals surface area contributed by atoms with Gasteiger partial charge in [0.05, 0.1) is 6.61 Å². The van der Waals surface area contributed by atoms with Crippen molar-refractivity contribution in [1.82, 2.24) is 0 Å². The van der Waals surface area contributed by atoms with Crippen molar-refractivity contribution >= 4 is 22.4 Å². The van der Waals surface area contributed by atoms with Gasteiger partial charge in [-0.1, -0.05) is 42.5 Å². The molecule has 0 heterocycles. The van der Waals surface area contributed by atoms with Gasteiger partial charge in [0.1, 0.15) is 11.3 Å². The van der Waals surface area contributed by atoms with Crippen LogP contribution in [-0.2, 0) is 11.2 Å². The van der Waals surface area contributed by atoms with Crippen molar-refractivity contribution in [3.63, 3.8) is 0 Å². The molecule has 3 N–H and O–H groups in total. The molecule has 0 unspecified atom stereocenters. The van der Waals surface area contributed by atoms with Gasteiger partial charge < -0.3 is 15.6 Å². The molecule has 0 aromatic heterocycles. The number of phenols is 1. The molecule has 0 aliphatic carbocycles. The van der Waals surface area contributed by atoms with Crippen LogP contribution in [0, 0.1) is 0 Å². The molecule has 4 heteroatoms. The van der Waals surface area contributed by atoms with E-state index in [1.807, 2.05) is 48.5 Å². The number of aromatic hydroxyl groups is 1. The third-order valence-corrected chi connectivity index (χ3v) is 3.74. The maximum absolute atomic E-state index is 12.2. The topological polar surface area (TPSA) is 72.5 Å². The molecule has 0 bridgehead atoms. The number of phenolic OH excluding ortho intramolecular Hbond substituents is 1. The highest BCUT2D eigenvalue weighted by Gasteiger charge is 2.14. The van der Waals surface area contributed by atoms with Gasteiger partial charge in [-0.15, -0.1) is 0 Å². The smallest absolute Gasteiger partial charge is 0.341 e. The first-order valence-electron chi connectivity index (χ1n) is 7.37. The molecule has 0 spiro atoms. The standard InChI is InChI=1S/C19H17NO3/c20-17-8-4-3-5-13(17)9-10-23-19(22)16-11-14-6-1-2-7-15(14)12-18(16)21/h1-8,11-12,21H,9-10,20H2. The number of fused-ring (bicyclic) bond motifs is 1. The van der Waals surface area contributed by atoms with Gasteiger partial charge >= 0.3 is 5.97 Å². The minimum atomic E-state index is -0.539. The zero-order valence-electron chi connectivity index (χ0n) is 12.5.